The van der Waals surface area contributed by atoms with Crippen LogP contribution in [-0.4, -0.2) is 43.8 Å². The normalized spacial score (nSPS) is 34.6. The third-order valence-electron chi connectivity index (χ3n) is 8.00. The van der Waals surface area contributed by atoms with Crippen LogP contribution >= 0.6 is 0 Å². The molecule has 3 aliphatic rings. The Morgan fingerprint density at radius 3 is 2.54 bits per heavy atom. The van der Waals surface area contributed by atoms with Crippen molar-refractivity contribution in [2.75, 3.05) is 6.54 Å². The van der Waals surface area contributed by atoms with Crippen LogP contribution in [0.1, 0.15) is 69.3 Å². The van der Waals surface area contributed by atoms with E-state index in [0.29, 0.717) is 6.54 Å². The summed E-state index contributed by atoms with van der Waals surface area (Å²) in [6.07, 6.45) is 1.65. The van der Waals surface area contributed by atoms with Crippen LogP contribution in [0.25, 0.3) is 10.9 Å². The number of aromatic nitrogens is 1. The van der Waals surface area contributed by atoms with Crippen LogP contribution < -0.4 is 0 Å². The first-order chi connectivity index (χ1) is 13.1. The SMILES string of the molecule is Cc1ccc2c3c(n(C)c2c1)C(C)N1C(=O)C2(C)CCCN2C(=O)C1(C)C3C. The lowest BCUT2D eigenvalue weighted by Gasteiger charge is -2.59. The van der Waals surface area contributed by atoms with Gasteiger partial charge in [-0.25, -0.2) is 0 Å². The second-order valence-electron chi connectivity index (χ2n) is 9.43. The molecule has 2 fully saturated rings. The van der Waals surface area contributed by atoms with Crippen LogP contribution in [0.2, 0.25) is 0 Å². The summed E-state index contributed by atoms with van der Waals surface area (Å²) >= 11 is 0. The van der Waals surface area contributed by atoms with Gasteiger partial charge in [0.05, 0.1) is 6.04 Å². The van der Waals surface area contributed by atoms with E-state index in [9.17, 15) is 9.59 Å². The summed E-state index contributed by atoms with van der Waals surface area (Å²) < 4.78 is 2.24. The number of rotatable bonds is 0. The van der Waals surface area contributed by atoms with E-state index in [2.05, 4.69) is 50.6 Å². The van der Waals surface area contributed by atoms with E-state index in [0.717, 1.165) is 12.8 Å². The summed E-state index contributed by atoms with van der Waals surface area (Å²) in [6, 6.07) is 6.39. The Balaban J connectivity index is 1.81. The Hall–Kier alpha value is -2.30. The molecular weight excluding hydrogens is 350 g/mol. The molecule has 0 saturated carbocycles. The topological polar surface area (TPSA) is 45.6 Å². The van der Waals surface area contributed by atoms with E-state index >= 15 is 0 Å². The van der Waals surface area contributed by atoms with Crippen molar-refractivity contribution in [3.05, 3.63) is 35.0 Å². The Labute approximate surface area is 166 Å². The van der Waals surface area contributed by atoms with Crippen molar-refractivity contribution in [3.8, 4) is 0 Å². The molecule has 2 saturated heterocycles. The summed E-state index contributed by atoms with van der Waals surface area (Å²) in [6.45, 7) is 11.0. The van der Waals surface area contributed by atoms with Gasteiger partial charge in [-0.05, 0) is 57.7 Å². The first-order valence-corrected chi connectivity index (χ1v) is 10.4. The number of benzene rings is 1. The fraction of sp³-hybridized carbons (Fsp3) is 0.565. The molecule has 0 spiro atoms. The molecule has 0 bridgehead atoms. The number of amides is 2. The highest BCUT2D eigenvalue weighted by molar-refractivity contribution is 6.04. The van der Waals surface area contributed by atoms with Crippen LogP contribution in [0.3, 0.4) is 0 Å². The number of hydrogen-bond donors (Lipinski definition) is 0. The number of hydrogen-bond acceptors (Lipinski definition) is 2. The molecule has 5 nitrogen and oxygen atoms in total. The molecule has 2 amide bonds. The smallest absolute Gasteiger partial charge is 0.249 e. The average Bonchev–Trinajstić information content (AvgIpc) is 3.18. The maximum Gasteiger partial charge on any atom is 0.249 e. The molecule has 0 radical (unpaired) electrons. The predicted octanol–water partition coefficient (Wildman–Crippen LogP) is 3.65. The molecule has 0 N–H and O–H groups in total. The fourth-order valence-electron chi connectivity index (χ4n) is 6.29. The van der Waals surface area contributed by atoms with Crippen molar-refractivity contribution in [3.63, 3.8) is 0 Å². The highest BCUT2D eigenvalue weighted by Gasteiger charge is 2.65. The third-order valence-corrected chi connectivity index (χ3v) is 8.00. The number of aryl methyl sites for hydroxylation is 2. The van der Waals surface area contributed by atoms with Crippen LogP contribution in [0, 0.1) is 6.92 Å². The van der Waals surface area contributed by atoms with Gasteiger partial charge >= 0.3 is 0 Å². The third kappa shape index (κ3) is 1.74. The molecule has 1 aromatic heterocycles. The zero-order chi connectivity index (χ0) is 20.2. The van der Waals surface area contributed by atoms with Crippen molar-refractivity contribution in [1.29, 1.82) is 0 Å². The molecule has 4 heterocycles. The highest BCUT2D eigenvalue weighted by Crippen LogP contribution is 2.54. The maximum absolute atomic E-state index is 13.8. The van der Waals surface area contributed by atoms with Gasteiger partial charge in [0.25, 0.3) is 0 Å². The fourth-order valence-corrected chi connectivity index (χ4v) is 6.29. The summed E-state index contributed by atoms with van der Waals surface area (Å²) in [5, 5.41) is 1.21. The van der Waals surface area contributed by atoms with Crippen LogP contribution in [-0.2, 0) is 16.6 Å². The molecule has 28 heavy (non-hydrogen) atoms. The second-order valence-corrected chi connectivity index (χ2v) is 9.43. The minimum absolute atomic E-state index is 0.0632. The van der Waals surface area contributed by atoms with E-state index in [1.165, 1.54) is 27.7 Å². The zero-order valence-corrected chi connectivity index (χ0v) is 17.7. The molecule has 148 valence electrons. The number of carbonyl (C=O) groups is 2. The quantitative estimate of drug-likeness (QED) is 0.701. The molecule has 2 aromatic rings. The summed E-state index contributed by atoms with van der Waals surface area (Å²) in [5.74, 6) is 0.159. The molecule has 4 atom stereocenters. The van der Waals surface area contributed by atoms with E-state index in [4.69, 9.17) is 0 Å². The van der Waals surface area contributed by atoms with E-state index in [1.54, 1.807) is 0 Å². The largest absolute Gasteiger partial charge is 0.346 e. The molecule has 5 heteroatoms. The minimum Gasteiger partial charge on any atom is -0.346 e. The van der Waals surface area contributed by atoms with Gasteiger partial charge in [-0.2, -0.15) is 0 Å². The Bertz CT molecular complexity index is 1050. The van der Waals surface area contributed by atoms with Gasteiger partial charge in [-0.3, -0.25) is 9.59 Å². The highest BCUT2D eigenvalue weighted by atomic mass is 16.2. The number of carbonyl (C=O) groups excluding carboxylic acids is 2. The summed E-state index contributed by atoms with van der Waals surface area (Å²) in [7, 11) is 2.09. The standard InChI is InChI=1S/C23H29N3O2/c1-13-8-9-16-17(12-13)24(6)19-15(3)26-20(27)22(4)10-7-11-25(22)21(28)23(26,5)14(2)18(16)19/h8-9,12,14-15H,7,10-11H2,1-6H3. The van der Waals surface area contributed by atoms with Crippen molar-refractivity contribution in [2.24, 2.45) is 7.05 Å². The molecule has 0 aliphatic carbocycles. The first-order valence-electron chi connectivity index (χ1n) is 10.4. The van der Waals surface area contributed by atoms with Crippen molar-refractivity contribution >= 4 is 22.7 Å². The zero-order valence-electron chi connectivity index (χ0n) is 17.7. The Kier molecular flexibility index (Phi) is 3.30. The number of nitrogens with zero attached hydrogens (tertiary/aromatic N) is 3. The number of piperazine rings is 1. The van der Waals surface area contributed by atoms with Crippen molar-refractivity contribution in [2.45, 2.75) is 70.5 Å². The predicted molar refractivity (Wildman–Crippen MR) is 109 cm³/mol. The molecule has 3 aliphatic heterocycles. The lowest BCUT2D eigenvalue weighted by molar-refractivity contribution is -0.181. The summed E-state index contributed by atoms with van der Waals surface area (Å²) in [5.41, 5.74) is 3.26. The van der Waals surface area contributed by atoms with Crippen molar-refractivity contribution < 1.29 is 9.59 Å². The van der Waals surface area contributed by atoms with Gasteiger partial charge in [0.1, 0.15) is 11.1 Å². The first kappa shape index (κ1) is 17.8. The van der Waals surface area contributed by atoms with Crippen LogP contribution in [0.4, 0.5) is 0 Å². The van der Waals surface area contributed by atoms with Gasteiger partial charge in [-0.1, -0.05) is 19.1 Å². The second kappa shape index (κ2) is 5.19. The van der Waals surface area contributed by atoms with Gasteiger partial charge in [0.2, 0.25) is 11.8 Å². The van der Waals surface area contributed by atoms with E-state index in [1.807, 2.05) is 23.6 Å². The van der Waals surface area contributed by atoms with Gasteiger partial charge in [0.15, 0.2) is 0 Å². The maximum atomic E-state index is 13.8. The van der Waals surface area contributed by atoms with Crippen LogP contribution in [0.15, 0.2) is 18.2 Å². The van der Waals surface area contributed by atoms with Gasteiger partial charge in [0, 0.05) is 36.1 Å². The molecule has 5 rings (SSSR count). The van der Waals surface area contributed by atoms with E-state index in [-0.39, 0.29) is 23.8 Å². The molecule has 1 aromatic carbocycles. The van der Waals surface area contributed by atoms with Crippen molar-refractivity contribution in [1.82, 2.24) is 14.4 Å². The number of fused-ring (bicyclic) bond motifs is 5. The van der Waals surface area contributed by atoms with E-state index < -0.39 is 11.1 Å². The minimum atomic E-state index is -0.841. The van der Waals surface area contributed by atoms with Gasteiger partial charge in [-0.15, -0.1) is 0 Å². The Morgan fingerprint density at radius 1 is 1.11 bits per heavy atom. The monoisotopic (exact) mass is 379 g/mol. The average molecular weight is 380 g/mol. The van der Waals surface area contributed by atoms with Gasteiger partial charge < -0.3 is 14.4 Å². The molecular formula is C23H29N3O2. The lowest BCUT2D eigenvalue weighted by Crippen LogP contribution is -2.75. The molecule has 4 unspecified atom stereocenters. The van der Waals surface area contributed by atoms with Crippen LogP contribution in [0.5, 0.6) is 0 Å². The lowest BCUT2D eigenvalue weighted by atomic mass is 9.70. The summed E-state index contributed by atoms with van der Waals surface area (Å²) in [4.78, 5) is 31.4. The Morgan fingerprint density at radius 2 is 1.82 bits per heavy atom.